The van der Waals surface area contributed by atoms with Crippen molar-refractivity contribution < 1.29 is 9.53 Å². The predicted molar refractivity (Wildman–Crippen MR) is 77.3 cm³/mol. The Labute approximate surface area is 121 Å². The molecule has 5 heteroatoms. The Bertz CT molecular complexity index is 825. The lowest BCUT2D eigenvalue weighted by Gasteiger charge is -2.11. The first kappa shape index (κ1) is 12.0. The Morgan fingerprint density at radius 3 is 3.14 bits per heavy atom. The topological polar surface area (TPSA) is 55.6 Å². The van der Waals surface area contributed by atoms with Gasteiger partial charge in [0.15, 0.2) is 0 Å². The van der Waals surface area contributed by atoms with Gasteiger partial charge in [-0.15, -0.1) is 0 Å². The number of carbonyl (C=O) groups is 1. The highest BCUT2D eigenvalue weighted by molar-refractivity contribution is 5.94. The Balaban J connectivity index is 1.58. The molecule has 0 bridgehead atoms. The first-order valence-corrected chi connectivity index (χ1v) is 6.76. The van der Waals surface area contributed by atoms with Crippen LogP contribution in [0.25, 0.3) is 5.65 Å². The van der Waals surface area contributed by atoms with Crippen molar-refractivity contribution in [1.82, 2.24) is 14.7 Å². The lowest BCUT2D eigenvalue weighted by Crippen LogP contribution is -2.29. The molecule has 4 rings (SSSR count). The number of fused-ring (bicyclic) bond motifs is 2. The highest BCUT2D eigenvalue weighted by atomic mass is 16.5. The van der Waals surface area contributed by atoms with Gasteiger partial charge in [0.1, 0.15) is 18.0 Å². The van der Waals surface area contributed by atoms with Gasteiger partial charge < -0.3 is 14.5 Å². The van der Waals surface area contributed by atoms with E-state index in [1.807, 2.05) is 40.9 Å². The summed E-state index contributed by atoms with van der Waals surface area (Å²) in [5, 5.41) is 3.01. The second kappa shape index (κ2) is 4.63. The smallest absolute Gasteiger partial charge is 0.253 e. The number of aromatic nitrogens is 2. The highest BCUT2D eigenvalue weighted by Crippen LogP contribution is 2.31. The summed E-state index contributed by atoms with van der Waals surface area (Å²) in [4.78, 5) is 16.5. The maximum absolute atomic E-state index is 12.4. The van der Waals surface area contributed by atoms with Gasteiger partial charge in [0, 0.05) is 24.2 Å². The first-order chi connectivity index (χ1) is 10.3. The van der Waals surface area contributed by atoms with Crippen LogP contribution in [0, 0.1) is 0 Å². The summed E-state index contributed by atoms with van der Waals surface area (Å²) in [5.41, 5.74) is 2.44. The quantitative estimate of drug-likeness (QED) is 0.782. The third-order valence-electron chi connectivity index (χ3n) is 3.66. The molecule has 5 nitrogen and oxygen atoms in total. The molecule has 104 valence electrons. The third kappa shape index (κ3) is 2.03. The number of rotatable bonds is 2. The largest absolute Gasteiger partial charge is 0.491 e. The SMILES string of the molecule is O=C(NC1COc2ccccc21)c1ccc2nccn2c1. The summed E-state index contributed by atoms with van der Waals surface area (Å²) in [7, 11) is 0. The van der Waals surface area contributed by atoms with Gasteiger partial charge in [0.25, 0.3) is 5.91 Å². The zero-order chi connectivity index (χ0) is 14.2. The Kier molecular flexibility index (Phi) is 2.64. The van der Waals surface area contributed by atoms with E-state index in [4.69, 9.17) is 4.74 Å². The van der Waals surface area contributed by atoms with E-state index in [2.05, 4.69) is 10.3 Å². The van der Waals surface area contributed by atoms with Gasteiger partial charge in [0.05, 0.1) is 11.6 Å². The highest BCUT2D eigenvalue weighted by Gasteiger charge is 2.25. The average molecular weight is 279 g/mol. The van der Waals surface area contributed by atoms with E-state index < -0.39 is 0 Å². The van der Waals surface area contributed by atoms with Crippen LogP contribution >= 0.6 is 0 Å². The summed E-state index contributed by atoms with van der Waals surface area (Å²) < 4.78 is 7.40. The second-order valence-corrected chi connectivity index (χ2v) is 4.99. The summed E-state index contributed by atoms with van der Waals surface area (Å²) in [6.45, 7) is 0.471. The average Bonchev–Trinajstić information content (AvgIpc) is 3.13. The molecule has 2 aromatic heterocycles. The van der Waals surface area contributed by atoms with Crippen molar-refractivity contribution in [3.05, 3.63) is 66.1 Å². The van der Waals surface area contributed by atoms with Crippen LogP contribution in [-0.4, -0.2) is 21.9 Å². The van der Waals surface area contributed by atoms with Gasteiger partial charge in [-0.05, 0) is 18.2 Å². The minimum Gasteiger partial charge on any atom is -0.491 e. The van der Waals surface area contributed by atoms with E-state index in [9.17, 15) is 4.79 Å². The van der Waals surface area contributed by atoms with E-state index >= 15 is 0 Å². The maximum Gasteiger partial charge on any atom is 0.253 e. The number of carbonyl (C=O) groups excluding carboxylic acids is 1. The number of nitrogens with one attached hydrogen (secondary N) is 1. The van der Waals surface area contributed by atoms with E-state index in [-0.39, 0.29) is 11.9 Å². The molecule has 0 radical (unpaired) electrons. The lowest BCUT2D eigenvalue weighted by atomic mass is 10.1. The molecule has 1 aromatic carbocycles. The fraction of sp³-hybridized carbons (Fsp3) is 0.125. The van der Waals surface area contributed by atoms with Gasteiger partial charge in [0.2, 0.25) is 0 Å². The number of nitrogens with zero attached hydrogens (tertiary/aromatic N) is 2. The van der Waals surface area contributed by atoms with Crippen molar-refractivity contribution in [2.24, 2.45) is 0 Å². The number of benzene rings is 1. The summed E-state index contributed by atoms with van der Waals surface area (Å²) in [5.74, 6) is 0.726. The van der Waals surface area contributed by atoms with E-state index in [1.165, 1.54) is 0 Å². The minimum atomic E-state index is -0.115. The van der Waals surface area contributed by atoms with Crippen LogP contribution in [0.15, 0.2) is 55.0 Å². The monoisotopic (exact) mass is 279 g/mol. The molecule has 0 saturated heterocycles. The third-order valence-corrected chi connectivity index (χ3v) is 3.66. The molecule has 21 heavy (non-hydrogen) atoms. The van der Waals surface area contributed by atoms with Crippen molar-refractivity contribution in [1.29, 1.82) is 0 Å². The lowest BCUT2D eigenvalue weighted by molar-refractivity contribution is 0.0930. The van der Waals surface area contributed by atoms with Crippen LogP contribution < -0.4 is 10.1 Å². The maximum atomic E-state index is 12.4. The summed E-state index contributed by atoms with van der Waals surface area (Å²) in [6.07, 6.45) is 5.30. The number of para-hydroxylation sites is 1. The van der Waals surface area contributed by atoms with Crippen LogP contribution in [0.4, 0.5) is 0 Å². The zero-order valence-corrected chi connectivity index (χ0v) is 11.2. The number of amides is 1. The Morgan fingerprint density at radius 1 is 1.29 bits per heavy atom. The van der Waals surface area contributed by atoms with Gasteiger partial charge >= 0.3 is 0 Å². The van der Waals surface area contributed by atoms with Crippen LogP contribution in [-0.2, 0) is 0 Å². The van der Waals surface area contributed by atoms with Crippen LogP contribution in [0.2, 0.25) is 0 Å². The molecule has 1 aliphatic heterocycles. The Hall–Kier alpha value is -2.82. The standard InChI is InChI=1S/C16H13N3O2/c20-16(11-5-6-15-17-7-8-19(15)9-11)18-13-10-21-14-4-2-1-3-12(13)14/h1-9,13H,10H2,(H,18,20). The van der Waals surface area contributed by atoms with Gasteiger partial charge in [-0.2, -0.15) is 0 Å². The fourth-order valence-corrected chi connectivity index (χ4v) is 2.58. The molecular formula is C16H13N3O2. The first-order valence-electron chi connectivity index (χ1n) is 6.76. The minimum absolute atomic E-state index is 0.104. The van der Waals surface area contributed by atoms with Gasteiger partial charge in [-0.1, -0.05) is 18.2 Å². The van der Waals surface area contributed by atoms with Crippen molar-refractivity contribution in [2.45, 2.75) is 6.04 Å². The number of hydrogen-bond acceptors (Lipinski definition) is 3. The Morgan fingerprint density at radius 2 is 2.19 bits per heavy atom. The van der Waals surface area contributed by atoms with Crippen LogP contribution in [0.5, 0.6) is 5.75 Å². The van der Waals surface area contributed by atoms with Crippen molar-refractivity contribution in [3.8, 4) is 5.75 Å². The molecule has 1 aliphatic rings. The molecule has 1 unspecified atom stereocenters. The number of ether oxygens (including phenoxy) is 1. The molecule has 0 aliphatic carbocycles. The van der Waals surface area contributed by atoms with E-state index in [0.29, 0.717) is 12.2 Å². The van der Waals surface area contributed by atoms with Crippen LogP contribution in [0.1, 0.15) is 22.0 Å². The van der Waals surface area contributed by atoms with Crippen molar-refractivity contribution >= 4 is 11.6 Å². The molecule has 0 fully saturated rings. The van der Waals surface area contributed by atoms with E-state index in [1.54, 1.807) is 18.5 Å². The molecule has 0 spiro atoms. The van der Waals surface area contributed by atoms with E-state index in [0.717, 1.165) is 17.0 Å². The van der Waals surface area contributed by atoms with Crippen LogP contribution in [0.3, 0.4) is 0 Å². The van der Waals surface area contributed by atoms with Crippen molar-refractivity contribution in [3.63, 3.8) is 0 Å². The zero-order valence-electron chi connectivity index (χ0n) is 11.2. The number of pyridine rings is 1. The molecule has 1 atom stereocenters. The molecule has 1 amide bonds. The molecule has 3 heterocycles. The van der Waals surface area contributed by atoms with Crippen molar-refractivity contribution in [2.75, 3.05) is 6.61 Å². The fourth-order valence-electron chi connectivity index (χ4n) is 2.58. The van der Waals surface area contributed by atoms with Gasteiger partial charge in [-0.25, -0.2) is 4.98 Å². The number of imidazole rings is 1. The molecular weight excluding hydrogens is 266 g/mol. The summed E-state index contributed by atoms with van der Waals surface area (Å²) in [6, 6.07) is 11.3. The predicted octanol–water partition coefficient (Wildman–Crippen LogP) is 2.20. The normalized spacial score (nSPS) is 16.5. The molecule has 1 N–H and O–H groups in total. The summed E-state index contributed by atoms with van der Waals surface area (Å²) >= 11 is 0. The van der Waals surface area contributed by atoms with Gasteiger partial charge in [-0.3, -0.25) is 4.79 Å². The second-order valence-electron chi connectivity index (χ2n) is 4.99. The molecule has 3 aromatic rings. The number of hydrogen-bond donors (Lipinski definition) is 1. The molecule has 0 saturated carbocycles.